The Kier molecular flexibility index (Phi) is 3.82. The number of benzene rings is 2. The molecule has 0 saturated heterocycles. The molecule has 2 aliphatic rings. The fourth-order valence-electron chi connectivity index (χ4n) is 3.87. The number of methoxy groups -OCH3 is 1. The second-order valence-electron chi connectivity index (χ2n) is 6.76. The molecule has 0 amide bonds. The Hall–Kier alpha value is -2.64. The molecular formula is C21H19NO3. The fraction of sp³-hybridized carbons (Fsp3) is 0.333. The van der Waals surface area contributed by atoms with Crippen molar-refractivity contribution >= 4 is 5.78 Å². The van der Waals surface area contributed by atoms with Gasteiger partial charge in [0.2, 0.25) is 5.78 Å². The first-order chi connectivity index (χ1) is 12.1. The van der Waals surface area contributed by atoms with E-state index in [4.69, 9.17) is 14.7 Å². The zero-order chi connectivity index (χ0) is 17.4. The molecule has 0 radical (unpaired) electrons. The molecule has 4 heteroatoms. The number of nitrogens with zero attached hydrogens (tertiary/aromatic N) is 1. The highest BCUT2D eigenvalue weighted by Crippen LogP contribution is 2.44. The molecule has 0 atom stereocenters. The number of Topliss-reactive ketones (excluding diaryl/α,β-unsaturated/α-hetero) is 1. The van der Waals surface area contributed by atoms with Crippen molar-refractivity contribution < 1.29 is 14.3 Å². The summed E-state index contributed by atoms with van der Waals surface area (Å²) in [5.74, 6) is 0.747. The Labute approximate surface area is 147 Å². The molecule has 2 aromatic carbocycles. The third-order valence-electron chi connectivity index (χ3n) is 5.34. The van der Waals surface area contributed by atoms with E-state index in [2.05, 4.69) is 6.07 Å². The molecule has 126 valence electrons. The summed E-state index contributed by atoms with van der Waals surface area (Å²) in [7, 11) is 1.72. The molecule has 1 aliphatic heterocycles. The van der Waals surface area contributed by atoms with Gasteiger partial charge in [-0.15, -0.1) is 0 Å². The van der Waals surface area contributed by atoms with Gasteiger partial charge >= 0.3 is 0 Å². The standard InChI is InChI=1S/C21H19NO3/c1-24-17-7-9-21(10-8-17)20(23)18-12-16(5-6-19(18)25-21)15-4-2-3-14(11-15)13-22/h2-6,11-12,17H,7-10H2,1H3/t17-,21-. The molecule has 0 bridgehead atoms. The van der Waals surface area contributed by atoms with Crippen LogP contribution < -0.4 is 4.74 Å². The summed E-state index contributed by atoms with van der Waals surface area (Å²) in [6, 6.07) is 15.3. The Morgan fingerprint density at radius 2 is 1.92 bits per heavy atom. The van der Waals surface area contributed by atoms with Crippen LogP contribution in [0.15, 0.2) is 42.5 Å². The van der Waals surface area contributed by atoms with Crippen LogP contribution in [-0.4, -0.2) is 24.6 Å². The minimum atomic E-state index is -0.718. The van der Waals surface area contributed by atoms with Gasteiger partial charge in [0.1, 0.15) is 5.75 Å². The average Bonchev–Trinajstić information content (AvgIpc) is 2.94. The van der Waals surface area contributed by atoms with Gasteiger partial charge in [-0.1, -0.05) is 18.2 Å². The van der Waals surface area contributed by atoms with E-state index in [1.807, 2.05) is 36.4 Å². The van der Waals surface area contributed by atoms with Crippen molar-refractivity contribution in [1.82, 2.24) is 0 Å². The highest BCUT2D eigenvalue weighted by Gasteiger charge is 2.49. The molecule has 0 aromatic heterocycles. The maximum Gasteiger partial charge on any atom is 0.210 e. The van der Waals surface area contributed by atoms with E-state index in [0.717, 1.165) is 24.0 Å². The molecular weight excluding hydrogens is 314 g/mol. The van der Waals surface area contributed by atoms with Crippen molar-refractivity contribution in [3.8, 4) is 22.9 Å². The van der Waals surface area contributed by atoms with Crippen LogP contribution in [0.3, 0.4) is 0 Å². The number of carbonyl (C=O) groups is 1. The van der Waals surface area contributed by atoms with Gasteiger partial charge in [0.15, 0.2) is 5.60 Å². The molecule has 1 aliphatic carbocycles. The van der Waals surface area contributed by atoms with Gasteiger partial charge in [-0.3, -0.25) is 4.79 Å². The van der Waals surface area contributed by atoms with Crippen molar-refractivity contribution in [2.24, 2.45) is 0 Å². The molecule has 0 unspecified atom stereocenters. The molecule has 1 saturated carbocycles. The molecule has 1 fully saturated rings. The average molecular weight is 333 g/mol. The second-order valence-corrected chi connectivity index (χ2v) is 6.76. The highest BCUT2D eigenvalue weighted by atomic mass is 16.5. The van der Waals surface area contributed by atoms with Crippen LogP contribution in [0, 0.1) is 11.3 Å². The van der Waals surface area contributed by atoms with Crippen LogP contribution in [0.5, 0.6) is 5.75 Å². The molecule has 2 aromatic rings. The van der Waals surface area contributed by atoms with Crippen LogP contribution >= 0.6 is 0 Å². The van der Waals surface area contributed by atoms with Crippen LogP contribution in [0.1, 0.15) is 41.6 Å². The van der Waals surface area contributed by atoms with Crippen molar-refractivity contribution in [1.29, 1.82) is 5.26 Å². The number of rotatable bonds is 2. The lowest BCUT2D eigenvalue weighted by Crippen LogP contribution is -2.44. The third kappa shape index (κ3) is 2.61. The minimum absolute atomic E-state index is 0.0790. The number of hydrogen-bond donors (Lipinski definition) is 0. The summed E-state index contributed by atoms with van der Waals surface area (Å²) in [6.45, 7) is 0. The van der Waals surface area contributed by atoms with Gasteiger partial charge in [0.05, 0.1) is 23.3 Å². The molecule has 4 rings (SSSR count). The first-order valence-corrected chi connectivity index (χ1v) is 8.56. The van der Waals surface area contributed by atoms with Crippen molar-refractivity contribution in [3.05, 3.63) is 53.6 Å². The van der Waals surface area contributed by atoms with Gasteiger partial charge < -0.3 is 9.47 Å². The molecule has 25 heavy (non-hydrogen) atoms. The van der Waals surface area contributed by atoms with Gasteiger partial charge in [0.25, 0.3) is 0 Å². The molecule has 1 spiro atoms. The number of carbonyl (C=O) groups excluding carboxylic acids is 1. The van der Waals surface area contributed by atoms with Crippen molar-refractivity contribution in [2.75, 3.05) is 7.11 Å². The largest absolute Gasteiger partial charge is 0.478 e. The summed E-state index contributed by atoms with van der Waals surface area (Å²) in [5, 5.41) is 9.08. The predicted molar refractivity (Wildman–Crippen MR) is 93.5 cm³/mol. The molecule has 1 heterocycles. The Morgan fingerprint density at radius 1 is 1.16 bits per heavy atom. The topological polar surface area (TPSA) is 59.3 Å². The van der Waals surface area contributed by atoms with Gasteiger partial charge in [-0.25, -0.2) is 0 Å². The van der Waals surface area contributed by atoms with E-state index in [0.29, 0.717) is 29.7 Å². The smallest absolute Gasteiger partial charge is 0.210 e. The lowest BCUT2D eigenvalue weighted by Gasteiger charge is -2.34. The van der Waals surface area contributed by atoms with E-state index < -0.39 is 5.60 Å². The van der Waals surface area contributed by atoms with E-state index in [1.165, 1.54) is 0 Å². The Balaban J connectivity index is 1.66. The lowest BCUT2D eigenvalue weighted by molar-refractivity contribution is -0.00600. The maximum absolute atomic E-state index is 13.1. The summed E-state index contributed by atoms with van der Waals surface area (Å²) in [4.78, 5) is 13.1. The maximum atomic E-state index is 13.1. The summed E-state index contributed by atoms with van der Waals surface area (Å²) in [5.41, 5.74) is 2.39. The summed E-state index contributed by atoms with van der Waals surface area (Å²) in [6.07, 6.45) is 3.28. The Morgan fingerprint density at radius 3 is 2.64 bits per heavy atom. The van der Waals surface area contributed by atoms with E-state index in [9.17, 15) is 4.79 Å². The van der Waals surface area contributed by atoms with Gasteiger partial charge in [0, 0.05) is 7.11 Å². The number of ether oxygens (including phenoxy) is 2. The molecule has 4 nitrogen and oxygen atoms in total. The van der Waals surface area contributed by atoms with Crippen LogP contribution in [0.2, 0.25) is 0 Å². The predicted octanol–water partition coefficient (Wildman–Crippen LogP) is 4.13. The third-order valence-corrected chi connectivity index (χ3v) is 5.34. The van der Waals surface area contributed by atoms with E-state index >= 15 is 0 Å². The number of fused-ring (bicyclic) bond motifs is 1. The molecule has 0 N–H and O–H groups in total. The van der Waals surface area contributed by atoms with Crippen LogP contribution in [0.25, 0.3) is 11.1 Å². The highest BCUT2D eigenvalue weighted by molar-refractivity contribution is 6.08. The van der Waals surface area contributed by atoms with Crippen LogP contribution in [0.4, 0.5) is 0 Å². The SMILES string of the molecule is CO[C@H]1CC[C@@]2(CC1)Oc1ccc(-c3cccc(C#N)c3)cc1C2=O. The fourth-order valence-corrected chi connectivity index (χ4v) is 3.87. The summed E-state index contributed by atoms with van der Waals surface area (Å²) >= 11 is 0. The zero-order valence-electron chi connectivity index (χ0n) is 14.1. The van der Waals surface area contributed by atoms with Crippen molar-refractivity contribution in [3.63, 3.8) is 0 Å². The van der Waals surface area contributed by atoms with E-state index in [1.54, 1.807) is 13.2 Å². The monoisotopic (exact) mass is 333 g/mol. The lowest BCUT2D eigenvalue weighted by atomic mass is 9.79. The summed E-state index contributed by atoms with van der Waals surface area (Å²) < 4.78 is 11.5. The van der Waals surface area contributed by atoms with Crippen LogP contribution in [-0.2, 0) is 4.74 Å². The van der Waals surface area contributed by atoms with Gasteiger partial charge in [-0.05, 0) is 61.1 Å². The van der Waals surface area contributed by atoms with Gasteiger partial charge in [-0.2, -0.15) is 5.26 Å². The number of nitriles is 1. The normalized spacial score (nSPS) is 24.6. The number of hydrogen-bond acceptors (Lipinski definition) is 4. The first-order valence-electron chi connectivity index (χ1n) is 8.56. The second kappa shape index (κ2) is 6.02. The van der Waals surface area contributed by atoms with Crippen molar-refractivity contribution in [2.45, 2.75) is 37.4 Å². The minimum Gasteiger partial charge on any atom is -0.478 e. The Bertz CT molecular complexity index is 873. The first kappa shape index (κ1) is 15.9. The quantitative estimate of drug-likeness (QED) is 0.829. The zero-order valence-corrected chi connectivity index (χ0v) is 14.1. The number of ketones is 1. The van der Waals surface area contributed by atoms with E-state index in [-0.39, 0.29) is 11.9 Å².